The Balaban J connectivity index is 2.11. The monoisotopic (exact) mass is 224 g/mol. The van der Waals surface area contributed by atoms with Crippen LogP contribution in [-0.4, -0.2) is 18.3 Å². The Labute approximate surface area is 93.9 Å². The smallest absolute Gasteiger partial charge is 0.339 e. The predicted octanol–water partition coefficient (Wildman–Crippen LogP) is 2.02. The molecule has 0 radical (unpaired) electrons. The Morgan fingerprint density at radius 1 is 1.31 bits per heavy atom. The number of methoxy groups -OCH3 is 1. The fraction of sp³-hybridized carbons (Fsp3) is 0.583. The van der Waals surface area contributed by atoms with Gasteiger partial charge in [0.25, 0.3) is 0 Å². The molecule has 0 spiro atoms. The molecule has 0 atom stereocenters. The third-order valence-corrected chi connectivity index (χ3v) is 3.18. The molecule has 0 aliphatic heterocycles. The van der Waals surface area contributed by atoms with E-state index in [9.17, 15) is 9.90 Å². The van der Waals surface area contributed by atoms with Gasteiger partial charge in [-0.25, -0.2) is 4.79 Å². The minimum absolute atomic E-state index is 0.0138. The molecular formula is C12H16O4. The third kappa shape index (κ3) is 2.44. The van der Waals surface area contributed by atoms with Crippen LogP contribution in [0.2, 0.25) is 0 Å². The largest absolute Gasteiger partial charge is 0.508 e. The van der Waals surface area contributed by atoms with Crippen LogP contribution in [0.5, 0.6) is 5.75 Å². The second-order valence-electron chi connectivity index (χ2n) is 4.25. The maximum Gasteiger partial charge on any atom is 0.339 e. The molecule has 0 unspecified atom stereocenters. The number of rotatable bonds is 2. The number of aromatic hydroxyl groups is 1. The first-order chi connectivity index (χ1) is 7.69. The van der Waals surface area contributed by atoms with Crippen LogP contribution in [0.4, 0.5) is 0 Å². The van der Waals surface area contributed by atoms with Crippen LogP contribution in [0.15, 0.2) is 21.3 Å². The van der Waals surface area contributed by atoms with Crippen molar-refractivity contribution in [1.82, 2.24) is 0 Å². The van der Waals surface area contributed by atoms with Crippen LogP contribution in [0.3, 0.4) is 0 Å². The van der Waals surface area contributed by atoms with Gasteiger partial charge in [-0.2, -0.15) is 0 Å². The van der Waals surface area contributed by atoms with E-state index < -0.39 is 5.63 Å². The molecule has 1 aromatic heterocycles. The van der Waals surface area contributed by atoms with Crippen LogP contribution in [0.1, 0.15) is 37.4 Å². The number of ether oxygens (including phenoxy) is 1. The highest BCUT2D eigenvalue weighted by atomic mass is 16.5. The normalized spacial score (nSPS) is 25.6. The first-order valence-electron chi connectivity index (χ1n) is 5.56. The average Bonchev–Trinajstić information content (AvgIpc) is 2.28. The molecule has 4 heteroatoms. The van der Waals surface area contributed by atoms with Crippen LogP contribution in [-0.2, 0) is 4.74 Å². The minimum Gasteiger partial charge on any atom is -0.508 e. The summed E-state index contributed by atoms with van der Waals surface area (Å²) in [6.45, 7) is 0. The summed E-state index contributed by atoms with van der Waals surface area (Å²) in [7, 11) is 1.72. The van der Waals surface area contributed by atoms with Crippen molar-refractivity contribution in [3.8, 4) is 5.75 Å². The van der Waals surface area contributed by atoms with Gasteiger partial charge in [0.1, 0.15) is 11.5 Å². The van der Waals surface area contributed by atoms with E-state index in [4.69, 9.17) is 9.15 Å². The van der Waals surface area contributed by atoms with E-state index in [2.05, 4.69) is 0 Å². The van der Waals surface area contributed by atoms with E-state index in [1.54, 1.807) is 13.2 Å². The van der Waals surface area contributed by atoms with E-state index in [1.165, 1.54) is 0 Å². The summed E-state index contributed by atoms with van der Waals surface area (Å²) in [5.74, 6) is 0.811. The van der Waals surface area contributed by atoms with E-state index in [1.807, 2.05) is 0 Å². The van der Waals surface area contributed by atoms with Gasteiger partial charge in [-0.3, -0.25) is 0 Å². The lowest BCUT2D eigenvalue weighted by Gasteiger charge is -2.26. The standard InChI is InChI=1S/C12H16O4/c1-15-10-4-2-8(3-5-10)11-6-9(13)7-12(14)16-11/h6-8,10,13H,2-5H2,1H3. The van der Waals surface area contributed by atoms with Crippen molar-refractivity contribution in [3.63, 3.8) is 0 Å². The van der Waals surface area contributed by atoms with E-state index in [0.29, 0.717) is 11.9 Å². The molecule has 4 nitrogen and oxygen atoms in total. The van der Waals surface area contributed by atoms with Gasteiger partial charge in [0.15, 0.2) is 0 Å². The first kappa shape index (κ1) is 11.2. The van der Waals surface area contributed by atoms with Crippen molar-refractivity contribution >= 4 is 0 Å². The maximum atomic E-state index is 11.1. The molecule has 1 saturated carbocycles. The van der Waals surface area contributed by atoms with Crippen LogP contribution < -0.4 is 5.63 Å². The summed E-state index contributed by atoms with van der Waals surface area (Å²) in [6.07, 6.45) is 4.14. The highest BCUT2D eigenvalue weighted by molar-refractivity contribution is 5.21. The van der Waals surface area contributed by atoms with Gasteiger partial charge < -0.3 is 14.3 Å². The molecule has 0 amide bonds. The summed E-state index contributed by atoms with van der Waals surface area (Å²) in [5.41, 5.74) is -0.483. The topological polar surface area (TPSA) is 59.7 Å². The zero-order valence-corrected chi connectivity index (χ0v) is 9.31. The molecule has 88 valence electrons. The lowest BCUT2D eigenvalue weighted by atomic mass is 9.85. The Morgan fingerprint density at radius 2 is 2.00 bits per heavy atom. The lowest BCUT2D eigenvalue weighted by Crippen LogP contribution is -2.19. The third-order valence-electron chi connectivity index (χ3n) is 3.18. The van der Waals surface area contributed by atoms with Gasteiger partial charge in [-0.05, 0) is 25.7 Å². The van der Waals surface area contributed by atoms with Crippen LogP contribution >= 0.6 is 0 Å². The second kappa shape index (κ2) is 4.70. The summed E-state index contributed by atoms with van der Waals surface area (Å²) < 4.78 is 10.4. The van der Waals surface area contributed by atoms with Gasteiger partial charge in [-0.1, -0.05) is 0 Å². The van der Waals surface area contributed by atoms with Crippen molar-refractivity contribution < 1.29 is 14.3 Å². The fourth-order valence-corrected chi connectivity index (χ4v) is 2.27. The quantitative estimate of drug-likeness (QED) is 0.834. The maximum absolute atomic E-state index is 11.1. The van der Waals surface area contributed by atoms with E-state index >= 15 is 0 Å². The molecule has 0 aromatic carbocycles. The van der Waals surface area contributed by atoms with Crippen molar-refractivity contribution in [2.75, 3.05) is 7.11 Å². The minimum atomic E-state index is -0.483. The number of hydrogen-bond acceptors (Lipinski definition) is 4. The molecule has 1 N–H and O–H groups in total. The Morgan fingerprint density at radius 3 is 2.56 bits per heavy atom. The summed E-state index contributed by atoms with van der Waals surface area (Å²) in [6, 6.07) is 2.63. The van der Waals surface area contributed by atoms with E-state index in [-0.39, 0.29) is 11.7 Å². The Bertz CT molecular complexity index is 402. The Hall–Kier alpha value is -1.29. The molecule has 1 aliphatic rings. The zero-order valence-electron chi connectivity index (χ0n) is 9.31. The summed E-state index contributed by atoms with van der Waals surface area (Å²) in [4.78, 5) is 11.1. The highest BCUT2D eigenvalue weighted by Crippen LogP contribution is 2.34. The van der Waals surface area contributed by atoms with Gasteiger partial charge in [0.05, 0.1) is 12.2 Å². The molecule has 0 saturated heterocycles. The summed E-state index contributed by atoms with van der Waals surface area (Å²) >= 11 is 0. The van der Waals surface area contributed by atoms with Gasteiger partial charge in [0, 0.05) is 19.1 Å². The summed E-state index contributed by atoms with van der Waals surface area (Å²) in [5, 5.41) is 9.34. The molecule has 16 heavy (non-hydrogen) atoms. The molecule has 1 aromatic rings. The second-order valence-corrected chi connectivity index (χ2v) is 4.25. The van der Waals surface area contributed by atoms with Gasteiger partial charge in [0.2, 0.25) is 0 Å². The zero-order chi connectivity index (χ0) is 11.5. The molecule has 1 fully saturated rings. The molecule has 2 rings (SSSR count). The highest BCUT2D eigenvalue weighted by Gasteiger charge is 2.24. The SMILES string of the molecule is COC1CCC(c2cc(O)cc(=O)o2)CC1. The van der Waals surface area contributed by atoms with E-state index in [0.717, 1.165) is 31.7 Å². The van der Waals surface area contributed by atoms with Gasteiger partial charge >= 0.3 is 5.63 Å². The molecular weight excluding hydrogens is 208 g/mol. The van der Waals surface area contributed by atoms with Crippen molar-refractivity contribution in [2.24, 2.45) is 0 Å². The lowest BCUT2D eigenvalue weighted by molar-refractivity contribution is 0.0635. The first-order valence-corrected chi connectivity index (χ1v) is 5.56. The Kier molecular flexibility index (Phi) is 3.29. The fourth-order valence-electron chi connectivity index (χ4n) is 2.27. The van der Waals surface area contributed by atoms with Crippen LogP contribution in [0.25, 0.3) is 0 Å². The van der Waals surface area contributed by atoms with Crippen LogP contribution in [0, 0.1) is 0 Å². The predicted molar refractivity (Wildman–Crippen MR) is 58.6 cm³/mol. The van der Waals surface area contributed by atoms with Crippen molar-refractivity contribution in [3.05, 3.63) is 28.3 Å². The average molecular weight is 224 g/mol. The van der Waals surface area contributed by atoms with Crippen molar-refractivity contribution in [1.29, 1.82) is 0 Å². The van der Waals surface area contributed by atoms with Gasteiger partial charge in [-0.15, -0.1) is 0 Å². The van der Waals surface area contributed by atoms with Crippen molar-refractivity contribution in [2.45, 2.75) is 37.7 Å². The number of hydrogen-bond donors (Lipinski definition) is 1. The molecule has 1 aliphatic carbocycles. The molecule has 0 bridgehead atoms. The molecule has 1 heterocycles.